The first kappa shape index (κ1) is 17.4. The fraction of sp³-hybridized carbons (Fsp3) is 0.421. The van der Waals surface area contributed by atoms with E-state index < -0.39 is 5.92 Å². The van der Waals surface area contributed by atoms with Gasteiger partial charge in [0.1, 0.15) is 28.5 Å². The molecule has 3 rings (SSSR count). The molecule has 1 aliphatic rings. The van der Waals surface area contributed by atoms with E-state index in [1.54, 1.807) is 6.21 Å². The Bertz CT molecular complexity index is 823. The first-order chi connectivity index (χ1) is 12.1. The van der Waals surface area contributed by atoms with Crippen LogP contribution in [0.15, 0.2) is 22.5 Å². The minimum Gasteiger partial charge on any atom is -0.494 e. The van der Waals surface area contributed by atoms with Crippen LogP contribution < -0.4 is 9.47 Å². The largest absolute Gasteiger partial charge is 0.494 e. The van der Waals surface area contributed by atoms with Crippen LogP contribution in [0.5, 0.6) is 11.5 Å². The lowest BCUT2D eigenvalue weighted by atomic mass is 10.1. The second-order valence-electron chi connectivity index (χ2n) is 6.06. The van der Waals surface area contributed by atoms with E-state index in [1.807, 2.05) is 25.3 Å². The summed E-state index contributed by atoms with van der Waals surface area (Å²) in [5, 5.41) is 12.1. The Morgan fingerprint density at radius 2 is 2.40 bits per heavy atom. The highest BCUT2D eigenvalue weighted by molar-refractivity contribution is 7.09. The molecule has 0 saturated carbocycles. The molecule has 2 atom stereocenters. The van der Waals surface area contributed by atoms with E-state index in [0.29, 0.717) is 13.2 Å². The Balaban J connectivity index is 1.78. The highest BCUT2D eigenvalue weighted by Crippen LogP contribution is 2.35. The summed E-state index contributed by atoms with van der Waals surface area (Å²) in [6, 6.07) is 6.31. The normalized spacial score (nSPS) is 17.1. The van der Waals surface area contributed by atoms with Crippen LogP contribution >= 0.6 is 11.3 Å². The lowest BCUT2D eigenvalue weighted by molar-refractivity contribution is 0.254. The van der Waals surface area contributed by atoms with Gasteiger partial charge in [0.25, 0.3) is 0 Å². The number of nitriles is 1. The van der Waals surface area contributed by atoms with Crippen LogP contribution in [0.1, 0.15) is 41.6 Å². The summed E-state index contributed by atoms with van der Waals surface area (Å²) in [7, 11) is 0. The van der Waals surface area contributed by atoms with Crippen LogP contribution in [0.25, 0.3) is 0 Å². The monoisotopic (exact) mass is 355 g/mol. The smallest absolute Gasteiger partial charge is 0.133 e. The summed E-state index contributed by atoms with van der Waals surface area (Å²) in [6.07, 6.45) is 2.77. The van der Waals surface area contributed by atoms with E-state index in [9.17, 15) is 5.26 Å². The molecule has 130 valence electrons. The molecule has 0 saturated heterocycles. The van der Waals surface area contributed by atoms with Gasteiger partial charge in [0.2, 0.25) is 0 Å². The Morgan fingerprint density at radius 1 is 1.56 bits per heavy atom. The molecule has 6 heteroatoms. The number of hydrogen-bond donors (Lipinski definition) is 0. The van der Waals surface area contributed by atoms with Gasteiger partial charge in [0.15, 0.2) is 0 Å². The molecule has 2 heterocycles. The number of thiazole rings is 1. The third kappa shape index (κ3) is 3.99. The van der Waals surface area contributed by atoms with Crippen molar-refractivity contribution in [3.8, 4) is 17.6 Å². The average Bonchev–Trinajstić information content (AvgIpc) is 3.16. The van der Waals surface area contributed by atoms with Gasteiger partial charge in [0.05, 0.1) is 19.2 Å². The van der Waals surface area contributed by atoms with Crippen molar-refractivity contribution in [2.75, 3.05) is 6.61 Å². The quantitative estimate of drug-likeness (QED) is 0.733. The second-order valence-corrected chi connectivity index (χ2v) is 6.95. The maximum Gasteiger partial charge on any atom is 0.133 e. The maximum atomic E-state index is 9.36. The summed E-state index contributed by atoms with van der Waals surface area (Å²) >= 11 is 1.49. The van der Waals surface area contributed by atoms with Crippen molar-refractivity contribution in [1.82, 2.24) is 4.98 Å². The Hall–Kier alpha value is -2.39. The predicted octanol–water partition coefficient (Wildman–Crippen LogP) is 4.05. The number of fused-ring (bicyclic) bond motifs is 1. The summed E-state index contributed by atoms with van der Waals surface area (Å²) in [6.45, 7) is 7.00. The van der Waals surface area contributed by atoms with Crippen molar-refractivity contribution in [1.29, 1.82) is 5.26 Å². The minimum atomic E-state index is -0.417. The zero-order valence-electron chi connectivity index (χ0n) is 14.7. The minimum absolute atomic E-state index is 0.194. The standard InChI is InChI=1S/C19H21N3O2S/c1-4-23-17-6-14-5-13(3)24-18(14)7-15(17)9-21-10-16(8-20)19-22-12(2)11-25-19/h6-7,10-11,13,16H,4-5,9H2,1-3H3/t13-,16?/m1/s1. The molecule has 5 nitrogen and oxygen atoms in total. The van der Waals surface area contributed by atoms with Gasteiger partial charge in [-0.15, -0.1) is 11.3 Å². The third-order valence-corrected chi connectivity index (χ3v) is 4.98. The molecule has 2 aromatic rings. The molecule has 1 aromatic heterocycles. The van der Waals surface area contributed by atoms with Gasteiger partial charge >= 0.3 is 0 Å². The van der Waals surface area contributed by atoms with Crippen LogP contribution in [0, 0.1) is 18.3 Å². The number of aromatic nitrogens is 1. The molecule has 0 radical (unpaired) electrons. The van der Waals surface area contributed by atoms with Gasteiger partial charge in [-0.05, 0) is 32.9 Å². The number of benzene rings is 1. The van der Waals surface area contributed by atoms with Crippen molar-refractivity contribution in [2.24, 2.45) is 4.99 Å². The average molecular weight is 355 g/mol. The van der Waals surface area contributed by atoms with Crippen molar-refractivity contribution < 1.29 is 9.47 Å². The van der Waals surface area contributed by atoms with Crippen molar-refractivity contribution >= 4 is 17.6 Å². The van der Waals surface area contributed by atoms with Crippen LogP contribution in [-0.4, -0.2) is 23.9 Å². The molecule has 1 unspecified atom stereocenters. The first-order valence-corrected chi connectivity index (χ1v) is 9.25. The number of ether oxygens (including phenoxy) is 2. The predicted molar refractivity (Wildman–Crippen MR) is 98.8 cm³/mol. The lowest BCUT2D eigenvalue weighted by Crippen LogP contribution is -2.05. The highest BCUT2D eigenvalue weighted by atomic mass is 32.1. The lowest BCUT2D eigenvalue weighted by Gasteiger charge is -2.11. The van der Waals surface area contributed by atoms with E-state index in [0.717, 1.165) is 34.2 Å². The molecule has 0 amide bonds. The van der Waals surface area contributed by atoms with Gasteiger partial charge < -0.3 is 9.47 Å². The third-order valence-electron chi connectivity index (χ3n) is 3.94. The molecule has 1 aromatic carbocycles. The molecule has 0 aliphatic carbocycles. The van der Waals surface area contributed by atoms with E-state index in [-0.39, 0.29) is 6.10 Å². The van der Waals surface area contributed by atoms with E-state index in [2.05, 4.69) is 29.0 Å². The Morgan fingerprint density at radius 3 is 3.08 bits per heavy atom. The van der Waals surface area contributed by atoms with Crippen molar-refractivity contribution in [3.63, 3.8) is 0 Å². The fourth-order valence-electron chi connectivity index (χ4n) is 2.82. The second kappa shape index (κ2) is 7.66. The number of rotatable bonds is 6. The van der Waals surface area contributed by atoms with Crippen LogP contribution in [0.2, 0.25) is 0 Å². The fourth-order valence-corrected chi connectivity index (χ4v) is 3.62. The number of nitrogens with zero attached hydrogens (tertiary/aromatic N) is 3. The SMILES string of the molecule is CCOc1cc2c(cc1CN=CC(C#N)c1nc(C)cs1)O[C@H](C)C2. The topological polar surface area (TPSA) is 67.5 Å². The van der Waals surface area contributed by atoms with E-state index >= 15 is 0 Å². The van der Waals surface area contributed by atoms with Gasteiger partial charge in [-0.2, -0.15) is 5.26 Å². The Kier molecular flexibility index (Phi) is 5.34. The zero-order chi connectivity index (χ0) is 17.8. The van der Waals surface area contributed by atoms with E-state index in [4.69, 9.17) is 9.47 Å². The molecule has 0 fully saturated rings. The van der Waals surface area contributed by atoms with Crippen molar-refractivity contribution in [3.05, 3.63) is 39.3 Å². The van der Waals surface area contributed by atoms with Crippen LogP contribution in [0.4, 0.5) is 0 Å². The van der Waals surface area contributed by atoms with Crippen molar-refractivity contribution in [2.45, 2.75) is 45.8 Å². The molecule has 0 spiro atoms. The van der Waals surface area contributed by atoms with Gasteiger partial charge in [-0.3, -0.25) is 4.99 Å². The molecular formula is C19H21N3O2S. The van der Waals surface area contributed by atoms with Crippen LogP contribution in [0.3, 0.4) is 0 Å². The number of aryl methyl sites for hydroxylation is 1. The summed E-state index contributed by atoms with van der Waals surface area (Å²) in [5.41, 5.74) is 3.08. The maximum absolute atomic E-state index is 9.36. The van der Waals surface area contributed by atoms with Crippen LogP contribution in [-0.2, 0) is 13.0 Å². The first-order valence-electron chi connectivity index (χ1n) is 8.37. The van der Waals surface area contributed by atoms with Gasteiger partial charge in [0, 0.05) is 34.8 Å². The molecular weight excluding hydrogens is 334 g/mol. The van der Waals surface area contributed by atoms with Gasteiger partial charge in [-0.25, -0.2) is 4.98 Å². The number of aliphatic imine (C=N–C) groups is 1. The Labute approximate surface area is 152 Å². The van der Waals surface area contributed by atoms with E-state index in [1.165, 1.54) is 16.9 Å². The van der Waals surface area contributed by atoms with Gasteiger partial charge in [-0.1, -0.05) is 0 Å². The summed E-state index contributed by atoms with van der Waals surface area (Å²) < 4.78 is 11.6. The molecule has 25 heavy (non-hydrogen) atoms. The highest BCUT2D eigenvalue weighted by Gasteiger charge is 2.21. The summed E-state index contributed by atoms with van der Waals surface area (Å²) in [4.78, 5) is 8.84. The zero-order valence-corrected chi connectivity index (χ0v) is 15.5. The molecule has 0 N–H and O–H groups in total. The molecule has 1 aliphatic heterocycles. The number of hydrogen-bond acceptors (Lipinski definition) is 6. The summed E-state index contributed by atoms with van der Waals surface area (Å²) in [5.74, 6) is 1.34. The molecule has 0 bridgehead atoms.